The third-order valence-electron chi connectivity index (χ3n) is 4.48. The molecule has 28 heavy (non-hydrogen) atoms. The Kier molecular flexibility index (Phi) is 6.04. The summed E-state index contributed by atoms with van der Waals surface area (Å²) in [6.45, 7) is 7.38. The maximum atomic E-state index is 13.2. The highest BCUT2D eigenvalue weighted by Crippen LogP contribution is 2.29. The van der Waals surface area contributed by atoms with Crippen molar-refractivity contribution in [1.82, 2.24) is 14.9 Å². The van der Waals surface area contributed by atoms with Gasteiger partial charge < -0.3 is 10.2 Å². The number of para-hydroxylation sites is 1. The van der Waals surface area contributed by atoms with Crippen LogP contribution < -0.4 is 5.32 Å². The molecule has 5 heteroatoms. The quantitative estimate of drug-likeness (QED) is 0.683. The lowest BCUT2D eigenvalue weighted by Gasteiger charge is -2.27. The molecule has 2 heterocycles. The normalized spacial score (nSPS) is 11.1. The van der Waals surface area contributed by atoms with Gasteiger partial charge in [0.25, 0.3) is 0 Å². The predicted molar refractivity (Wildman–Crippen MR) is 112 cm³/mol. The second-order valence-electron chi connectivity index (χ2n) is 7.80. The molecule has 0 atom stereocenters. The molecule has 3 aromatic rings. The van der Waals surface area contributed by atoms with Crippen LogP contribution in [0.5, 0.6) is 0 Å². The number of benzene rings is 1. The largest absolute Gasteiger partial charge is 0.322 e. The average molecular weight is 374 g/mol. The molecular formula is C23H26N4O. The fraction of sp³-hybridized carbons (Fsp3) is 0.261. The molecule has 2 aromatic heterocycles. The summed E-state index contributed by atoms with van der Waals surface area (Å²) in [5, 5.41) is 3.11. The number of nitrogens with zero attached hydrogens (tertiary/aromatic N) is 3. The first-order valence-electron chi connectivity index (χ1n) is 9.37. The van der Waals surface area contributed by atoms with Crippen LogP contribution in [0.4, 0.5) is 10.5 Å². The number of hydrogen-bond acceptors (Lipinski definition) is 3. The van der Waals surface area contributed by atoms with Gasteiger partial charge in [0.15, 0.2) is 0 Å². The number of urea groups is 1. The summed E-state index contributed by atoms with van der Waals surface area (Å²) in [6, 6.07) is 15.5. The van der Waals surface area contributed by atoms with Crippen LogP contribution in [-0.4, -0.2) is 20.9 Å². The Bertz CT molecular complexity index is 863. The van der Waals surface area contributed by atoms with Gasteiger partial charge in [0.1, 0.15) is 0 Å². The smallest absolute Gasteiger partial charge is 0.316 e. The predicted octanol–water partition coefficient (Wildman–Crippen LogP) is 5.01. The highest BCUT2D eigenvalue weighted by atomic mass is 16.2. The molecule has 3 rings (SSSR count). The summed E-state index contributed by atoms with van der Waals surface area (Å²) in [7, 11) is 0. The van der Waals surface area contributed by atoms with Gasteiger partial charge in [0.05, 0.1) is 0 Å². The van der Waals surface area contributed by atoms with E-state index in [1.807, 2.05) is 42.5 Å². The molecule has 1 N–H and O–H groups in total. The maximum absolute atomic E-state index is 13.2. The first-order chi connectivity index (χ1) is 13.4. The molecule has 0 saturated heterocycles. The number of nitrogens with one attached hydrogen (secondary N) is 1. The molecule has 0 unspecified atom stereocenters. The first kappa shape index (κ1) is 19.5. The van der Waals surface area contributed by atoms with Crippen molar-refractivity contribution in [2.24, 2.45) is 0 Å². The van der Waals surface area contributed by atoms with Crippen molar-refractivity contribution in [2.45, 2.75) is 39.3 Å². The molecule has 0 aliphatic heterocycles. The van der Waals surface area contributed by atoms with Crippen LogP contribution in [0.25, 0.3) is 0 Å². The molecule has 0 saturated carbocycles. The van der Waals surface area contributed by atoms with Crippen molar-refractivity contribution in [3.63, 3.8) is 0 Å². The van der Waals surface area contributed by atoms with Crippen molar-refractivity contribution in [2.75, 3.05) is 5.32 Å². The first-order valence-corrected chi connectivity index (χ1v) is 9.37. The third kappa shape index (κ3) is 5.16. The van der Waals surface area contributed by atoms with Gasteiger partial charge in [0.2, 0.25) is 0 Å². The Morgan fingerprint density at radius 2 is 1.61 bits per heavy atom. The van der Waals surface area contributed by atoms with Gasteiger partial charge in [-0.15, -0.1) is 0 Å². The van der Waals surface area contributed by atoms with Crippen molar-refractivity contribution in [1.29, 1.82) is 0 Å². The summed E-state index contributed by atoms with van der Waals surface area (Å²) in [5.74, 6) is 0. The van der Waals surface area contributed by atoms with Crippen molar-refractivity contribution in [3.05, 3.63) is 90.0 Å². The maximum Gasteiger partial charge on any atom is 0.322 e. The van der Waals surface area contributed by atoms with E-state index < -0.39 is 0 Å². The number of pyridine rings is 2. The van der Waals surface area contributed by atoms with E-state index in [-0.39, 0.29) is 11.4 Å². The molecule has 5 nitrogen and oxygen atoms in total. The zero-order chi connectivity index (χ0) is 20.0. The summed E-state index contributed by atoms with van der Waals surface area (Å²) in [4.78, 5) is 23.2. The fourth-order valence-corrected chi connectivity index (χ4v) is 3.06. The van der Waals surface area contributed by atoms with E-state index in [9.17, 15) is 4.79 Å². The average Bonchev–Trinajstić information content (AvgIpc) is 2.69. The highest BCUT2D eigenvalue weighted by molar-refractivity contribution is 5.90. The minimum Gasteiger partial charge on any atom is -0.316 e. The van der Waals surface area contributed by atoms with Gasteiger partial charge >= 0.3 is 6.03 Å². The standard InChI is InChI=1S/C23H26N4O/c1-23(2,3)20-8-4-5-9-21(20)26-22(28)27(16-18-10-13-24-14-11-18)17-19-7-6-12-25-15-19/h4-15H,16-17H2,1-3H3,(H,26,28). The highest BCUT2D eigenvalue weighted by Gasteiger charge is 2.21. The molecule has 0 aliphatic rings. The van der Waals surface area contributed by atoms with E-state index >= 15 is 0 Å². The summed E-state index contributed by atoms with van der Waals surface area (Å²) < 4.78 is 0. The van der Waals surface area contributed by atoms with Crippen LogP contribution in [0.3, 0.4) is 0 Å². The molecule has 1 aromatic carbocycles. The number of hydrogen-bond donors (Lipinski definition) is 1. The molecule has 2 amide bonds. The van der Waals surface area contributed by atoms with Crippen LogP contribution in [0, 0.1) is 0 Å². The second-order valence-corrected chi connectivity index (χ2v) is 7.80. The Morgan fingerprint density at radius 3 is 2.29 bits per heavy atom. The lowest BCUT2D eigenvalue weighted by atomic mass is 9.86. The van der Waals surface area contributed by atoms with Crippen LogP contribution in [-0.2, 0) is 18.5 Å². The number of carbonyl (C=O) groups excluding carboxylic acids is 1. The third-order valence-corrected chi connectivity index (χ3v) is 4.48. The topological polar surface area (TPSA) is 58.1 Å². The number of anilines is 1. The summed E-state index contributed by atoms with van der Waals surface area (Å²) in [6.07, 6.45) is 7.00. The van der Waals surface area contributed by atoms with Crippen molar-refractivity contribution < 1.29 is 4.79 Å². The van der Waals surface area contributed by atoms with Gasteiger partial charge in [-0.25, -0.2) is 4.79 Å². The monoisotopic (exact) mass is 374 g/mol. The Labute approximate surface area is 166 Å². The number of amides is 2. The van der Waals surface area contributed by atoms with Gasteiger partial charge in [-0.2, -0.15) is 0 Å². The van der Waals surface area contributed by atoms with E-state index in [1.165, 1.54) is 0 Å². The number of rotatable bonds is 5. The molecule has 0 aliphatic carbocycles. The van der Waals surface area contributed by atoms with E-state index in [0.717, 1.165) is 22.4 Å². The van der Waals surface area contributed by atoms with E-state index in [1.54, 1.807) is 29.7 Å². The minimum absolute atomic E-state index is 0.0663. The summed E-state index contributed by atoms with van der Waals surface area (Å²) >= 11 is 0. The van der Waals surface area contributed by atoms with E-state index in [4.69, 9.17) is 0 Å². The Morgan fingerprint density at radius 1 is 0.893 bits per heavy atom. The van der Waals surface area contributed by atoms with Crippen molar-refractivity contribution >= 4 is 11.7 Å². The molecule has 0 fully saturated rings. The van der Waals surface area contributed by atoms with E-state index in [0.29, 0.717) is 13.1 Å². The zero-order valence-corrected chi connectivity index (χ0v) is 16.6. The molecular weight excluding hydrogens is 348 g/mol. The minimum atomic E-state index is -0.141. The van der Waals surface area contributed by atoms with Gasteiger partial charge in [-0.1, -0.05) is 45.0 Å². The zero-order valence-electron chi connectivity index (χ0n) is 16.6. The van der Waals surface area contributed by atoms with Crippen LogP contribution in [0.1, 0.15) is 37.5 Å². The fourth-order valence-electron chi connectivity index (χ4n) is 3.06. The number of carbonyl (C=O) groups is 1. The molecule has 144 valence electrons. The van der Waals surface area contributed by atoms with Gasteiger partial charge in [-0.05, 0) is 46.4 Å². The lowest BCUT2D eigenvalue weighted by Crippen LogP contribution is -2.34. The Balaban J connectivity index is 1.84. The second kappa shape index (κ2) is 8.65. The van der Waals surface area contributed by atoms with Gasteiger partial charge in [0, 0.05) is 43.6 Å². The van der Waals surface area contributed by atoms with Crippen LogP contribution in [0.15, 0.2) is 73.3 Å². The lowest BCUT2D eigenvalue weighted by molar-refractivity contribution is 0.206. The Hall–Kier alpha value is -3.21. The van der Waals surface area contributed by atoms with Gasteiger partial charge in [-0.3, -0.25) is 9.97 Å². The van der Waals surface area contributed by atoms with Crippen LogP contribution in [0.2, 0.25) is 0 Å². The number of aromatic nitrogens is 2. The van der Waals surface area contributed by atoms with Crippen molar-refractivity contribution in [3.8, 4) is 0 Å². The van der Waals surface area contributed by atoms with Crippen LogP contribution >= 0.6 is 0 Å². The molecule has 0 bridgehead atoms. The summed E-state index contributed by atoms with van der Waals surface area (Å²) in [5.41, 5.74) is 3.89. The molecule has 0 spiro atoms. The SMILES string of the molecule is CC(C)(C)c1ccccc1NC(=O)N(Cc1ccncc1)Cc1cccnc1. The molecule has 0 radical (unpaired) electrons. The van der Waals surface area contributed by atoms with E-state index in [2.05, 4.69) is 42.1 Å².